The zero-order chi connectivity index (χ0) is 32.7. The molecule has 0 aromatic rings. The Morgan fingerprint density at radius 3 is 1.89 bits per heavy atom. The van der Waals surface area contributed by atoms with Gasteiger partial charge in [0.1, 0.15) is 12.1 Å². The minimum absolute atomic E-state index is 0.132. The van der Waals surface area contributed by atoms with E-state index in [4.69, 9.17) is 14.9 Å². The second-order valence-corrected chi connectivity index (χ2v) is 11.6. The summed E-state index contributed by atoms with van der Waals surface area (Å²) in [5.41, 5.74) is 0. The van der Waals surface area contributed by atoms with E-state index in [1.807, 2.05) is 6.08 Å². The van der Waals surface area contributed by atoms with E-state index in [1.165, 1.54) is 51.4 Å². The van der Waals surface area contributed by atoms with Gasteiger partial charge in [0.15, 0.2) is 0 Å². The van der Waals surface area contributed by atoms with Gasteiger partial charge in [0.05, 0.1) is 13.2 Å². The Morgan fingerprint density at radius 1 is 0.682 bits per heavy atom. The number of aliphatic hydroxyl groups is 1. The van der Waals surface area contributed by atoms with E-state index in [-0.39, 0.29) is 30.9 Å². The molecule has 9 heteroatoms. The Morgan fingerprint density at radius 2 is 1.27 bits per heavy atom. The van der Waals surface area contributed by atoms with Crippen molar-refractivity contribution in [2.75, 3.05) is 13.2 Å². The summed E-state index contributed by atoms with van der Waals surface area (Å²) in [6.07, 6.45) is 29.8. The molecule has 0 saturated carbocycles. The number of carboxylic acids is 1. The van der Waals surface area contributed by atoms with Crippen molar-refractivity contribution in [1.82, 2.24) is 10.6 Å². The molecule has 0 aromatic heterocycles. The van der Waals surface area contributed by atoms with Crippen molar-refractivity contribution in [3.63, 3.8) is 0 Å². The number of hydrogen-bond acceptors (Lipinski definition) is 6. The molecule has 44 heavy (non-hydrogen) atoms. The van der Waals surface area contributed by atoms with Crippen LogP contribution in [0, 0.1) is 0 Å². The molecule has 0 saturated heterocycles. The summed E-state index contributed by atoms with van der Waals surface area (Å²) in [4.78, 5) is 47.0. The van der Waals surface area contributed by atoms with Crippen LogP contribution < -0.4 is 10.6 Å². The van der Waals surface area contributed by atoms with Gasteiger partial charge in [0.2, 0.25) is 11.8 Å². The highest BCUT2D eigenvalue weighted by atomic mass is 16.5. The summed E-state index contributed by atoms with van der Waals surface area (Å²) in [5.74, 6) is -2.43. The Labute approximate surface area is 266 Å². The van der Waals surface area contributed by atoms with Gasteiger partial charge in [0, 0.05) is 12.8 Å². The van der Waals surface area contributed by atoms with E-state index in [9.17, 15) is 19.2 Å². The van der Waals surface area contributed by atoms with Gasteiger partial charge in [-0.15, -0.1) is 0 Å². The van der Waals surface area contributed by atoms with Crippen molar-refractivity contribution in [3.8, 4) is 0 Å². The SMILES string of the molecule is CCC/C=C\C(CCCCCCC(=O)NCC(=O)NC(CO)C(=O)O)OC(=O)CCCCCCC/C=C\CCCCCCC. The van der Waals surface area contributed by atoms with Gasteiger partial charge >= 0.3 is 11.9 Å². The number of carbonyl (C=O) groups excluding carboxylic acids is 3. The second kappa shape index (κ2) is 30.4. The predicted octanol–water partition coefficient (Wildman–Crippen LogP) is 6.92. The lowest BCUT2D eigenvalue weighted by Crippen LogP contribution is -2.47. The number of amides is 2. The number of aliphatic carboxylic acids is 1. The molecule has 0 fully saturated rings. The van der Waals surface area contributed by atoms with Crippen molar-refractivity contribution < 1.29 is 34.1 Å². The van der Waals surface area contributed by atoms with E-state index in [0.717, 1.165) is 64.2 Å². The van der Waals surface area contributed by atoms with Gasteiger partial charge in [0.25, 0.3) is 0 Å². The van der Waals surface area contributed by atoms with Crippen LogP contribution in [0.15, 0.2) is 24.3 Å². The van der Waals surface area contributed by atoms with Gasteiger partial charge in [-0.3, -0.25) is 14.4 Å². The van der Waals surface area contributed by atoms with Crippen molar-refractivity contribution in [2.24, 2.45) is 0 Å². The summed E-state index contributed by atoms with van der Waals surface area (Å²) in [6.45, 7) is 3.30. The molecule has 0 bridgehead atoms. The molecule has 0 aliphatic carbocycles. The van der Waals surface area contributed by atoms with Crippen LogP contribution in [0.1, 0.15) is 149 Å². The monoisotopic (exact) mass is 622 g/mol. The molecule has 0 aliphatic heterocycles. The van der Waals surface area contributed by atoms with Crippen molar-refractivity contribution >= 4 is 23.8 Å². The maximum absolute atomic E-state index is 12.5. The zero-order valence-electron chi connectivity index (χ0n) is 27.7. The van der Waals surface area contributed by atoms with Crippen LogP contribution in [-0.4, -0.2) is 59.3 Å². The summed E-state index contributed by atoms with van der Waals surface area (Å²) >= 11 is 0. The van der Waals surface area contributed by atoms with Crippen LogP contribution in [-0.2, 0) is 23.9 Å². The number of carboxylic acid groups (broad SMARTS) is 1. The van der Waals surface area contributed by atoms with Crippen LogP contribution in [0.4, 0.5) is 0 Å². The second-order valence-electron chi connectivity index (χ2n) is 11.6. The van der Waals surface area contributed by atoms with Crippen LogP contribution in [0.2, 0.25) is 0 Å². The van der Waals surface area contributed by atoms with E-state index in [1.54, 1.807) is 0 Å². The van der Waals surface area contributed by atoms with Crippen LogP contribution in [0.25, 0.3) is 0 Å². The number of hydrogen-bond donors (Lipinski definition) is 4. The van der Waals surface area contributed by atoms with E-state index < -0.39 is 24.5 Å². The van der Waals surface area contributed by atoms with Crippen molar-refractivity contribution in [3.05, 3.63) is 24.3 Å². The third kappa shape index (κ3) is 26.9. The summed E-state index contributed by atoms with van der Waals surface area (Å²) in [6, 6.07) is -1.39. The van der Waals surface area contributed by atoms with Gasteiger partial charge in [-0.05, 0) is 63.9 Å². The average Bonchev–Trinajstić information content (AvgIpc) is 3.00. The Bertz CT molecular complexity index is 813. The number of esters is 1. The normalized spacial score (nSPS) is 12.8. The third-order valence-corrected chi connectivity index (χ3v) is 7.39. The fourth-order valence-electron chi connectivity index (χ4n) is 4.68. The highest BCUT2D eigenvalue weighted by molar-refractivity contribution is 5.87. The Hall–Kier alpha value is -2.68. The standard InChI is InChI=1S/C35H62N2O7/c1-3-5-7-8-9-10-11-12-13-14-15-16-17-23-27-34(41)44-30(24-20-6-4-2)25-21-18-19-22-26-32(39)36-28-33(40)37-31(29-38)35(42)43/h11-12,20,24,30-31,38H,3-10,13-19,21-23,25-29H2,1-2H3,(H,36,39)(H,37,40)(H,42,43)/b12-11-,24-20-. The van der Waals surface area contributed by atoms with Crippen LogP contribution >= 0.6 is 0 Å². The number of allylic oxidation sites excluding steroid dienone is 3. The Kier molecular flexibility index (Phi) is 28.5. The van der Waals surface area contributed by atoms with Crippen LogP contribution in [0.3, 0.4) is 0 Å². The molecule has 0 spiro atoms. The molecule has 0 heterocycles. The fraction of sp³-hybridized carbons (Fsp3) is 0.771. The summed E-state index contributed by atoms with van der Waals surface area (Å²) in [5, 5.41) is 22.4. The number of nitrogens with one attached hydrogen (secondary N) is 2. The maximum Gasteiger partial charge on any atom is 0.328 e. The smallest absolute Gasteiger partial charge is 0.328 e. The zero-order valence-corrected chi connectivity index (χ0v) is 27.7. The molecule has 4 N–H and O–H groups in total. The number of carbonyl (C=O) groups is 4. The first-order chi connectivity index (χ1) is 21.3. The minimum Gasteiger partial charge on any atom is -0.480 e. The van der Waals surface area contributed by atoms with Crippen LogP contribution in [0.5, 0.6) is 0 Å². The lowest BCUT2D eigenvalue weighted by molar-refractivity contribution is -0.147. The maximum atomic E-state index is 12.5. The first kappa shape index (κ1) is 41.3. The molecule has 0 aliphatic rings. The number of ether oxygens (including phenoxy) is 1. The van der Waals surface area contributed by atoms with E-state index in [2.05, 4.69) is 42.7 Å². The quantitative estimate of drug-likeness (QED) is 0.0387. The largest absolute Gasteiger partial charge is 0.480 e. The molecule has 2 atom stereocenters. The highest BCUT2D eigenvalue weighted by Crippen LogP contribution is 2.14. The lowest BCUT2D eigenvalue weighted by Gasteiger charge is -2.15. The first-order valence-electron chi connectivity index (χ1n) is 17.2. The predicted molar refractivity (Wildman–Crippen MR) is 176 cm³/mol. The molecular formula is C35H62N2O7. The summed E-state index contributed by atoms with van der Waals surface area (Å²) in [7, 11) is 0. The molecule has 2 amide bonds. The molecule has 0 rings (SSSR count). The third-order valence-electron chi connectivity index (χ3n) is 7.39. The van der Waals surface area contributed by atoms with Gasteiger partial charge in [-0.2, -0.15) is 0 Å². The topological polar surface area (TPSA) is 142 Å². The number of unbranched alkanes of at least 4 members (excludes halogenated alkanes) is 14. The van der Waals surface area contributed by atoms with Gasteiger partial charge in [-0.1, -0.05) is 96.3 Å². The van der Waals surface area contributed by atoms with Crippen molar-refractivity contribution in [1.29, 1.82) is 0 Å². The minimum atomic E-state index is -1.39. The summed E-state index contributed by atoms with van der Waals surface area (Å²) < 4.78 is 5.77. The fourth-order valence-corrected chi connectivity index (χ4v) is 4.68. The molecule has 254 valence electrons. The van der Waals surface area contributed by atoms with E-state index in [0.29, 0.717) is 12.8 Å². The molecular weight excluding hydrogens is 560 g/mol. The Balaban J connectivity index is 4.02. The van der Waals surface area contributed by atoms with Gasteiger partial charge < -0.3 is 25.6 Å². The number of rotatable bonds is 30. The molecule has 2 unspecified atom stereocenters. The first-order valence-corrected chi connectivity index (χ1v) is 17.2. The highest BCUT2D eigenvalue weighted by Gasteiger charge is 2.18. The average molecular weight is 623 g/mol. The van der Waals surface area contributed by atoms with Crippen molar-refractivity contribution in [2.45, 2.75) is 161 Å². The molecule has 9 nitrogen and oxygen atoms in total. The van der Waals surface area contributed by atoms with Gasteiger partial charge in [-0.25, -0.2) is 4.79 Å². The molecule has 0 aromatic carbocycles. The van der Waals surface area contributed by atoms with E-state index >= 15 is 0 Å². The molecule has 0 radical (unpaired) electrons. The number of aliphatic hydroxyl groups excluding tert-OH is 1. The lowest BCUT2D eigenvalue weighted by atomic mass is 10.1.